The zero-order chi connectivity index (χ0) is 10.8. The first-order chi connectivity index (χ1) is 7.16. The lowest BCUT2D eigenvalue weighted by Gasteiger charge is -2.13. The van der Waals surface area contributed by atoms with Crippen LogP contribution >= 0.6 is 23.8 Å². The lowest BCUT2D eigenvalue weighted by atomic mass is 10.00. The molecule has 0 aromatic carbocycles. The highest BCUT2D eigenvalue weighted by Gasteiger charge is 2.25. The van der Waals surface area contributed by atoms with Gasteiger partial charge in [-0.25, -0.2) is 4.98 Å². The number of pyridine rings is 1. The van der Waals surface area contributed by atoms with Crippen molar-refractivity contribution in [2.24, 2.45) is 5.92 Å². The van der Waals surface area contributed by atoms with Gasteiger partial charge in [-0.1, -0.05) is 29.9 Å². The van der Waals surface area contributed by atoms with Crippen molar-refractivity contribution in [3.63, 3.8) is 0 Å². The number of hydrogen-bond donors (Lipinski definition) is 0. The molecule has 1 aromatic rings. The quantitative estimate of drug-likeness (QED) is 0.584. The minimum Gasteiger partial charge on any atom is -0.369 e. The second kappa shape index (κ2) is 4.45. The number of nitrogens with zero attached hydrogens (tertiary/aromatic N) is 2. The molecule has 0 aliphatic carbocycles. The summed E-state index contributed by atoms with van der Waals surface area (Å²) in [5, 5.41) is 0.546. The van der Waals surface area contributed by atoms with Crippen molar-refractivity contribution in [1.29, 1.82) is 0 Å². The molecule has 1 saturated heterocycles. The maximum Gasteiger partial charge on any atom is 0.129 e. The average Bonchev–Trinajstić information content (AvgIpc) is 2.53. The Morgan fingerprint density at radius 3 is 2.93 bits per heavy atom. The first-order valence-electron chi connectivity index (χ1n) is 5.02. The van der Waals surface area contributed by atoms with E-state index in [1.54, 1.807) is 0 Å². The lowest BCUT2D eigenvalue weighted by Crippen LogP contribution is -2.21. The number of likely N-dealkylation sites (tertiary alicyclic amines) is 1. The van der Waals surface area contributed by atoms with Gasteiger partial charge in [-0.2, -0.15) is 0 Å². The summed E-state index contributed by atoms with van der Waals surface area (Å²) in [6.07, 6.45) is 3.97. The van der Waals surface area contributed by atoms with E-state index in [4.69, 9.17) is 23.8 Å². The minimum atomic E-state index is 0.493. The number of rotatable bonds is 2. The van der Waals surface area contributed by atoms with Crippen LogP contribution in [0.4, 0.5) is 0 Å². The molecule has 2 heterocycles. The fraction of sp³-hybridized carbons (Fsp3) is 0.455. The third kappa shape index (κ3) is 2.47. The Morgan fingerprint density at radius 1 is 1.60 bits per heavy atom. The van der Waals surface area contributed by atoms with Gasteiger partial charge in [-0.05, 0) is 24.5 Å². The molecule has 1 atom stereocenters. The van der Waals surface area contributed by atoms with E-state index >= 15 is 0 Å². The molecule has 1 fully saturated rings. The van der Waals surface area contributed by atoms with E-state index in [2.05, 4.69) is 16.9 Å². The van der Waals surface area contributed by atoms with E-state index in [1.807, 2.05) is 18.3 Å². The first kappa shape index (κ1) is 10.8. The predicted octanol–water partition coefficient (Wildman–Crippen LogP) is 2.56. The van der Waals surface area contributed by atoms with Crippen LogP contribution in [0.15, 0.2) is 18.3 Å². The Hall–Kier alpha value is -0.670. The maximum absolute atomic E-state index is 5.74. The van der Waals surface area contributed by atoms with Gasteiger partial charge in [-0.15, -0.1) is 0 Å². The molecule has 0 saturated carbocycles. The van der Waals surface area contributed by atoms with Gasteiger partial charge in [0.05, 0.1) is 4.99 Å². The molecule has 1 unspecified atom stereocenters. The molecule has 0 radical (unpaired) electrons. The predicted molar refractivity (Wildman–Crippen MR) is 66.3 cm³/mol. The standard InChI is InChI=1S/C11H13ClN2S/c1-14-5-4-9(11(14)15)6-8-2-3-10(12)13-7-8/h2-3,7,9H,4-6H2,1H3. The van der Waals surface area contributed by atoms with E-state index < -0.39 is 0 Å². The summed E-state index contributed by atoms with van der Waals surface area (Å²) < 4.78 is 0. The highest BCUT2D eigenvalue weighted by atomic mass is 35.5. The van der Waals surface area contributed by atoms with Crippen LogP contribution in [0, 0.1) is 5.92 Å². The topological polar surface area (TPSA) is 16.1 Å². The molecule has 80 valence electrons. The number of hydrogen-bond acceptors (Lipinski definition) is 2. The summed E-state index contributed by atoms with van der Waals surface area (Å²) in [5.41, 5.74) is 1.21. The van der Waals surface area contributed by atoms with Gasteiger partial charge in [-0.3, -0.25) is 0 Å². The second-order valence-corrected chi connectivity index (χ2v) is 4.74. The first-order valence-corrected chi connectivity index (χ1v) is 5.81. The lowest BCUT2D eigenvalue weighted by molar-refractivity contribution is 0.550. The van der Waals surface area contributed by atoms with Gasteiger partial charge in [0.1, 0.15) is 5.15 Å². The van der Waals surface area contributed by atoms with E-state index in [1.165, 1.54) is 5.56 Å². The number of halogens is 1. The molecule has 2 nitrogen and oxygen atoms in total. The molecule has 1 aromatic heterocycles. The summed E-state index contributed by atoms with van der Waals surface area (Å²) in [5.74, 6) is 0.493. The van der Waals surface area contributed by atoms with Gasteiger partial charge in [0.25, 0.3) is 0 Å². The number of thiocarbonyl (C=S) groups is 1. The van der Waals surface area contributed by atoms with Crippen molar-refractivity contribution in [2.75, 3.05) is 13.6 Å². The van der Waals surface area contributed by atoms with Gasteiger partial charge in [0, 0.05) is 25.7 Å². The normalized spacial score (nSPS) is 21.1. The largest absolute Gasteiger partial charge is 0.369 e. The maximum atomic E-state index is 5.74. The van der Waals surface area contributed by atoms with Crippen molar-refractivity contribution >= 4 is 28.8 Å². The highest BCUT2D eigenvalue weighted by molar-refractivity contribution is 7.80. The van der Waals surface area contributed by atoms with Crippen molar-refractivity contribution in [1.82, 2.24) is 9.88 Å². The fourth-order valence-corrected chi connectivity index (χ4v) is 2.30. The van der Waals surface area contributed by atoms with Gasteiger partial charge in [0.2, 0.25) is 0 Å². The summed E-state index contributed by atoms with van der Waals surface area (Å²) >= 11 is 11.1. The van der Waals surface area contributed by atoms with Crippen molar-refractivity contribution < 1.29 is 0 Å². The average molecular weight is 241 g/mol. The van der Waals surface area contributed by atoms with Crippen molar-refractivity contribution in [2.45, 2.75) is 12.8 Å². The van der Waals surface area contributed by atoms with Gasteiger partial charge in [0.15, 0.2) is 0 Å². The molecule has 0 spiro atoms. The van der Waals surface area contributed by atoms with E-state index in [9.17, 15) is 0 Å². The molecule has 1 aliphatic heterocycles. The molecule has 0 amide bonds. The van der Waals surface area contributed by atoms with Crippen LogP contribution in [0.25, 0.3) is 0 Å². The molecule has 1 aliphatic rings. The van der Waals surface area contributed by atoms with Crippen LogP contribution in [0.5, 0.6) is 0 Å². The highest BCUT2D eigenvalue weighted by Crippen LogP contribution is 2.22. The molecule has 15 heavy (non-hydrogen) atoms. The van der Waals surface area contributed by atoms with Crippen molar-refractivity contribution in [3.8, 4) is 0 Å². The smallest absolute Gasteiger partial charge is 0.129 e. The molecule has 2 rings (SSSR count). The number of aromatic nitrogens is 1. The van der Waals surface area contributed by atoms with Crippen LogP contribution < -0.4 is 0 Å². The Balaban J connectivity index is 2.03. The Kier molecular flexibility index (Phi) is 3.22. The summed E-state index contributed by atoms with van der Waals surface area (Å²) in [6.45, 7) is 1.07. The van der Waals surface area contributed by atoms with Crippen LogP contribution in [0.3, 0.4) is 0 Å². The van der Waals surface area contributed by atoms with Crippen LogP contribution in [0.1, 0.15) is 12.0 Å². The van der Waals surface area contributed by atoms with E-state index in [-0.39, 0.29) is 0 Å². The Bertz CT molecular complexity index is 363. The molecule has 0 N–H and O–H groups in total. The zero-order valence-corrected chi connectivity index (χ0v) is 10.2. The summed E-state index contributed by atoms with van der Waals surface area (Å²) in [6, 6.07) is 3.86. The SMILES string of the molecule is CN1CCC(Cc2ccc(Cl)nc2)C1=S. The fourth-order valence-electron chi connectivity index (χ4n) is 1.90. The van der Waals surface area contributed by atoms with Gasteiger partial charge < -0.3 is 4.90 Å². The molecule has 0 bridgehead atoms. The van der Waals surface area contributed by atoms with Crippen LogP contribution in [0.2, 0.25) is 5.15 Å². The molecular weight excluding hydrogens is 228 g/mol. The van der Waals surface area contributed by atoms with Crippen molar-refractivity contribution in [3.05, 3.63) is 29.0 Å². The van der Waals surface area contributed by atoms with Crippen LogP contribution in [-0.2, 0) is 6.42 Å². The van der Waals surface area contributed by atoms with Gasteiger partial charge >= 0.3 is 0 Å². The minimum absolute atomic E-state index is 0.493. The van der Waals surface area contributed by atoms with Crippen LogP contribution in [-0.4, -0.2) is 28.5 Å². The second-order valence-electron chi connectivity index (χ2n) is 3.94. The zero-order valence-electron chi connectivity index (χ0n) is 8.61. The van der Waals surface area contributed by atoms with E-state index in [0.717, 1.165) is 24.4 Å². The Labute approximate surface area is 100 Å². The third-order valence-electron chi connectivity index (χ3n) is 2.81. The molecular formula is C11H13ClN2S. The Morgan fingerprint density at radius 2 is 2.40 bits per heavy atom. The van der Waals surface area contributed by atoms with E-state index in [0.29, 0.717) is 11.1 Å². The summed E-state index contributed by atoms with van der Waals surface area (Å²) in [7, 11) is 2.06. The third-order valence-corrected chi connectivity index (χ3v) is 3.68. The summed E-state index contributed by atoms with van der Waals surface area (Å²) in [4.78, 5) is 7.30. The molecule has 4 heteroatoms. The monoisotopic (exact) mass is 240 g/mol.